The maximum absolute atomic E-state index is 11.8. The van der Waals surface area contributed by atoms with E-state index < -0.39 is 11.6 Å². The van der Waals surface area contributed by atoms with Crippen LogP contribution in [0.2, 0.25) is 0 Å². The summed E-state index contributed by atoms with van der Waals surface area (Å²) in [7, 11) is 0. The van der Waals surface area contributed by atoms with E-state index in [-0.39, 0.29) is 24.9 Å². The Morgan fingerprint density at radius 1 is 1.56 bits per heavy atom. The van der Waals surface area contributed by atoms with Crippen LogP contribution >= 0.6 is 0 Å². The molecule has 2 fully saturated rings. The van der Waals surface area contributed by atoms with Crippen LogP contribution in [-0.2, 0) is 9.59 Å². The van der Waals surface area contributed by atoms with Gasteiger partial charge < -0.3 is 10.2 Å². The van der Waals surface area contributed by atoms with Gasteiger partial charge in [0.05, 0.1) is 19.6 Å². The van der Waals surface area contributed by atoms with Gasteiger partial charge in [0.2, 0.25) is 5.91 Å². The normalized spacial score (nSPS) is 26.1. The number of hydrogen-bond donors (Lipinski definition) is 3. The lowest BCUT2D eigenvalue weighted by atomic mass is 10.00. The van der Waals surface area contributed by atoms with Gasteiger partial charge in [0.15, 0.2) is 0 Å². The van der Waals surface area contributed by atoms with E-state index in [0.717, 1.165) is 0 Å². The highest BCUT2D eigenvalue weighted by molar-refractivity contribution is 6.07. The number of rotatable bonds is 3. The molecule has 2 saturated heterocycles. The molecule has 1 unspecified atom stereocenters. The Bertz CT molecular complexity index is 442. The van der Waals surface area contributed by atoms with Crippen LogP contribution in [-0.4, -0.2) is 54.5 Å². The molecule has 7 nitrogen and oxygen atoms in total. The number of carbonyl (C=O) groups is 3. The molecule has 0 aromatic carbocycles. The number of carbonyl (C=O) groups excluding carboxylic acids is 3. The number of amides is 4. The summed E-state index contributed by atoms with van der Waals surface area (Å²) in [5, 5.41) is 7.57. The van der Waals surface area contributed by atoms with Crippen LogP contribution in [0, 0.1) is 12.3 Å². The molecule has 2 aliphatic rings. The van der Waals surface area contributed by atoms with Crippen LogP contribution in [0.15, 0.2) is 0 Å². The average Bonchev–Trinajstić information content (AvgIpc) is 2.85. The van der Waals surface area contributed by atoms with Crippen LogP contribution in [0.4, 0.5) is 4.79 Å². The van der Waals surface area contributed by atoms with Crippen molar-refractivity contribution in [2.24, 2.45) is 0 Å². The predicted octanol–water partition coefficient (Wildman–Crippen LogP) is -1.98. The van der Waals surface area contributed by atoms with Crippen LogP contribution in [0.25, 0.3) is 0 Å². The van der Waals surface area contributed by atoms with Crippen molar-refractivity contribution in [1.29, 1.82) is 0 Å². The fourth-order valence-corrected chi connectivity index (χ4v) is 2.19. The fourth-order valence-electron chi connectivity index (χ4n) is 2.19. The highest BCUT2D eigenvalue weighted by Crippen LogP contribution is 2.24. The van der Waals surface area contributed by atoms with Gasteiger partial charge in [-0.3, -0.25) is 20.2 Å². The van der Waals surface area contributed by atoms with E-state index in [1.165, 1.54) is 0 Å². The molecule has 4 amide bonds. The first kappa shape index (κ1) is 12.4. The Labute approximate surface area is 104 Å². The first-order chi connectivity index (χ1) is 8.57. The first-order valence-electron chi connectivity index (χ1n) is 5.63. The van der Waals surface area contributed by atoms with Gasteiger partial charge in [0.25, 0.3) is 5.91 Å². The summed E-state index contributed by atoms with van der Waals surface area (Å²) in [4.78, 5) is 36.1. The molecule has 3 N–H and O–H groups in total. The average molecular weight is 250 g/mol. The molecule has 1 atom stereocenters. The van der Waals surface area contributed by atoms with Gasteiger partial charge in [-0.2, -0.15) is 0 Å². The molecular weight excluding hydrogens is 236 g/mol. The van der Waals surface area contributed by atoms with Crippen LogP contribution in [0.1, 0.15) is 6.42 Å². The second kappa shape index (κ2) is 4.66. The Morgan fingerprint density at radius 3 is 2.94 bits per heavy atom. The molecule has 2 rings (SSSR count). The molecule has 96 valence electrons. The summed E-state index contributed by atoms with van der Waals surface area (Å²) in [5.74, 6) is 1.88. The largest absolute Gasteiger partial charge is 0.339 e. The van der Waals surface area contributed by atoms with E-state index in [2.05, 4.69) is 21.9 Å². The predicted molar refractivity (Wildman–Crippen MR) is 62.3 cm³/mol. The number of imide groups is 1. The third-order valence-electron chi connectivity index (χ3n) is 3.14. The fraction of sp³-hybridized carbons (Fsp3) is 0.545. The van der Waals surface area contributed by atoms with Crippen molar-refractivity contribution in [3.63, 3.8) is 0 Å². The zero-order valence-corrected chi connectivity index (χ0v) is 9.78. The number of urea groups is 1. The van der Waals surface area contributed by atoms with Crippen LogP contribution < -0.4 is 16.0 Å². The number of terminal acetylenes is 1. The van der Waals surface area contributed by atoms with E-state index in [4.69, 9.17) is 6.42 Å². The van der Waals surface area contributed by atoms with Crippen LogP contribution in [0.3, 0.4) is 0 Å². The molecule has 2 aliphatic heterocycles. The van der Waals surface area contributed by atoms with E-state index >= 15 is 0 Å². The highest BCUT2D eigenvalue weighted by Gasteiger charge is 2.51. The van der Waals surface area contributed by atoms with Crippen molar-refractivity contribution in [2.45, 2.75) is 12.0 Å². The zero-order valence-electron chi connectivity index (χ0n) is 9.78. The van der Waals surface area contributed by atoms with Crippen molar-refractivity contribution in [3.05, 3.63) is 0 Å². The summed E-state index contributed by atoms with van der Waals surface area (Å²) in [6, 6.07) is -0.500. The molecule has 7 heteroatoms. The van der Waals surface area contributed by atoms with Gasteiger partial charge in [-0.1, -0.05) is 5.92 Å². The molecule has 18 heavy (non-hydrogen) atoms. The standard InChI is InChI=1S/C11H14N4O3/c1-2-4-12-6-8(16)15-5-3-11(7-15)9(17)13-10(18)14-11/h1,12H,3-7H2,(H2,13,14,17,18). The Morgan fingerprint density at radius 2 is 2.33 bits per heavy atom. The van der Waals surface area contributed by atoms with Crippen molar-refractivity contribution in [2.75, 3.05) is 26.2 Å². The van der Waals surface area contributed by atoms with Crippen molar-refractivity contribution >= 4 is 17.8 Å². The molecular formula is C11H14N4O3. The monoisotopic (exact) mass is 250 g/mol. The van der Waals surface area contributed by atoms with Crippen LogP contribution in [0.5, 0.6) is 0 Å². The van der Waals surface area contributed by atoms with Gasteiger partial charge in [0.1, 0.15) is 5.54 Å². The van der Waals surface area contributed by atoms with Crippen molar-refractivity contribution < 1.29 is 14.4 Å². The highest BCUT2D eigenvalue weighted by atomic mass is 16.2. The lowest BCUT2D eigenvalue weighted by Crippen LogP contribution is -2.50. The summed E-state index contributed by atoms with van der Waals surface area (Å²) in [6.07, 6.45) is 5.49. The van der Waals surface area contributed by atoms with E-state index in [0.29, 0.717) is 19.5 Å². The molecule has 0 aromatic rings. The number of likely N-dealkylation sites (tertiary alicyclic amines) is 1. The summed E-state index contributed by atoms with van der Waals surface area (Å²) in [5.41, 5.74) is -0.946. The topological polar surface area (TPSA) is 90.5 Å². The molecule has 2 heterocycles. The minimum atomic E-state index is -0.946. The minimum Gasteiger partial charge on any atom is -0.339 e. The van der Waals surface area contributed by atoms with E-state index in [1.807, 2.05) is 0 Å². The Balaban J connectivity index is 1.92. The summed E-state index contributed by atoms with van der Waals surface area (Å²) in [6.45, 7) is 1.11. The second-order valence-electron chi connectivity index (χ2n) is 4.36. The molecule has 0 aliphatic carbocycles. The lowest BCUT2D eigenvalue weighted by Gasteiger charge is -2.21. The SMILES string of the molecule is C#CCNCC(=O)N1CCC2(C1)NC(=O)NC2=O. The maximum Gasteiger partial charge on any atom is 0.322 e. The van der Waals surface area contributed by atoms with Crippen molar-refractivity contribution in [3.8, 4) is 12.3 Å². The maximum atomic E-state index is 11.8. The molecule has 0 radical (unpaired) electrons. The zero-order chi connectivity index (χ0) is 13.2. The van der Waals surface area contributed by atoms with Gasteiger partial charge in [-0.05, 0) is 6.42 Å². The Kier molecular flexibility index (Phi) is 3.21. The van der Waals surface area contributed by atoms with Gasteiger partial charge in [-0.25, -0.2) is 4.79 Å². The van der Waals surface area contributed by atoms with Crippen molar-refractivity contribution in [1.82, 2.24) is 20.9 Å². The minimum absolute atomic E-state index is 0.129. The van der Waals surface area contributed by atoms with E-state index in [1.54, 1.807) is 4.90 Å². The summed E-state index contributed by atoms with van der Waals surface area (Å²) >= 11 is 0. The number of nitrogens with zero attached hydrogens (tertiary/aromatic N) is 1. The molecule has 0 bridgehead atoms. The third kappa shape index (κ3) is 2.15. The van der Waals surface area contributed by atoms with Gasteiger partial charge >= 0.3 is 6.03 Å². The Hall–Kier alpha value is -2.07. The molecule has 1 spiro atoms. The number of nitrogens with one attached hydrogen (secondary N) is 3. The lowest BCUT2D eigenvalue weighted by molar-refractivity contribution is -0.129. The quantitative estimate of drug-likeness (QED) is 0.307. The van der Waals surface area contributed by atoms with Gasteiger partial charge in [-0.15, -0.1) is 6.42 Å². The smallest absolute Gasteiger partial charge is 0.322 e. The first-order valence-corrected chi connectivity index (χ1v) is 5.63. The van der Waals surface area contributed by atoms with E-state index in [9.17, 15) is 14.4 Å². The van der Waals surface area contributed by atoms with Gasteiger partial charge in [0, 0.05) is 6.54 Å². The second-order valence-corrected chi connectivity index (χ2v) is 4.36. The molecule has 0 aromatic heterocycles. The third-order valence-corrected chi connectivity index (χ3v) is 3.14. The molecule has 0 saturated carbocycles. The summed E-state index contributed by atoms with van der Waals surface area (Å²) < 4.78 is 0. The number of hydrogen-bond acceptors (Lipinski definition) is 4.